The van der Waals surface area contributed by atoms with Crippen LogP contribution in [0.2, 0.25) is 0 Å². The Morgan fingerprint density at radius 2 is 2.08 bits per heavy atom. The molecule has 2 heterocycles. The Morgan fingerprint density at radius 1 is 1.36 bits per heavy atom. The Balaban J connectivity index is 0.00000225. The van der Waals surface area contributed by atoms with E-state index >= 15 is 0 Å². The average Bonchev–Trinajstić information content (AvgIpc) is 3.26. The molecule has 0 bridgehead atoms. The largest absolute Gasteiger partial charge is 0.381 e. The summed E-state index contributed by atoms with van der Waals surface area (Å²) in [4.78, 5) is 14.0. The van der Waals surface area contributed by atoms with Crippen LogP contribution in [0.3, 0.4) is 0 Å². The molecule has 1 aromatic rings. The van der Waals surface area contributed by atoms with Gasteiger partial charge in [0.2, 0.25) is 0 Å². The van der Waals surface area contributed by atoms with Crippen molar-refractivity contribution >= 4 is 17.1 Å². The summed E-state index contributed by atoms with van der Waals surface area (Å²) in [6.45, 7) is 2.07. The molecule has 0 aromatic carbocycles. The van der Waals surface area contributed by atoms with Crippen LogP contribution in [0.25, 0.3) is 0 Å². The number of likely N-dealkylation sites (N-methyl/N-ethyl adjacent to an activating group) is 1. The minimum absolute atomic E-state index is 0. The van der Waals surface area contributed by atoms with Crippen LogP contribution in [0.15, 0.2) is 17.5 Å². The van der Waals surface area contributed by atoms with Gasteiger partial charge in [0.1, 0.15) is 24.9 Å². The number of rotatable bonds is 7. The molecule has 1 aliphatic carbocycles. The topological polar surface area (TPSA) is 46.5 Å². The Kier molecular flexibility index (Phi) is 6.82. The molecule has 2 atom stereocenters. The summed E-state index contributed by atoms with van der Waals surface area (Å²) >= 11 is 1.61. The number of ether oxygens (including phenoxy) is 1. The lowest BCUT2D eigenvalue weighted by Crippen LogP contribution is -2.49. The summed E-state index contributed by atoms with van der Waals surface area (Å²) < 4.78 is 6.85. The lowest BCUT2D eigenvalue weighted by Gasteiger charge is -2.32. The predicted molar refractivity (Wildman–Crippen MR) is 103 cm³/mol. The van der Waals surface area contributed by atoms with Crippen molar-refractivity contribution in [3.8, 4) is 0 Å². The van der Waals surface area contributed by atoms with Crippen LogP contribution in [0.4, 0.5) is 0 Å². The number of carbonyl (C=O) groups is 1. The predicted octanol–water partition coefficient (Wildman–Crippen LogP) is 3.28. The van der Waals surface area contributed by atoms with Crippen molar-refractivity contribution in [2.75, 3.05) is 33.8 Å². The normalized spacial score (nSPS) is 25.5. The fourth-order valence-corrected chi connectivity index (χ4v) is 5.03. The number of nitrogens with zero attached hydrogens (tertiary/aromatic N) is 1. The molecule has 1 saturated heterocycles. The van der Waals surface area contributed by atoms with Gasteiger partial charge in [0.05, 0.1) is 20.6 Å². The number of likely N-dealkylation sites (tertiary alicyclic amines) is 1. The minimum Gasteiger partial charge on any atom is -0.381 e. The third-order valence-electron chi connectivity index (χ3n) is 5.74. The number of Topliss-reactive ketones (excluding diaryl/α,β-unsaturated/α-hetero) is 1. The van der Waals surface area contributed by atoms with E-state index in [2.05, 4.69) is 14.1 Å². The van der Waals surface area contributed by atoms with Crippen LogP contribution in [-0.2, 0) is 16.0 Å². The molecule has 2 fully saturated rings. The molecule has 1 saturated carbocycles. The number of thiophene rings is 1. The van der Waals surface area contributed by atoms with Crippen molar-refractivity contribution in [2.24, 2.45) is 5.92 Å². The van der Waals surface area contributed by atoms with Crippen molar-refractivity contribution in [1.29, 1.82) is 0 Å². The van der Waals surface area contributed by atoms with Crippen LogP contribution in [0.1, 0.15) is 44.4 Å². The number of quaternary nitrogens is 1. The van der Waals surface area contributed by atoms with Gasteiger partial charge in [-0.1, -0.05) is 26.3 Å². The van der Waals surface area contributed by atoms with Gasteiger partial charge in [-0.15, -0.1) is 11.3 Å². The van der Waals surface area contributed by atoms with Gasteiger partial charge < -0.3 is 14.3 Å². The van der Waals surface area contributed by atoms with Gasteiger partial charge in [-0.25, -0.2) is 0 Å². The molecular formula is C20H34NO3S+. The third kappa shape index (κ3) is 4.91. The highest BCUT2D eigenvalue weighted by Crippen LogP contribution is 2.37. The SMILES string of the molecule is C.C[N+]1(C)CCC(OCC(=O)[C@](O)(Cc2cccs2)C2CCCC2)C1. The maximum absolute atomic E-state index is 12.9. The molecule has 0 spiro atoms. The Hall–Kier alpha value is -0.750. The monoisotopic (exact) mass is 368 g/mol. The molecule has 25 heavy (non-hydrogen) atoms. The minimum atomic E-state index is -1.26. The van der Waals surface area contributed by atoms with E-state index < -0.39 is 5.60 Å². The Labute approximate surface area is 156 Å². The van der Waals surface area contributed by atoms with Crippen LogP contribution < -0.4 is 0 Å². The summed E-state index contributed by atoms with van der Waals surface area (Å²) in [6.07, 6.45) is 5.68. The van der Waals surface area contributed by atoms with Gasteiger partial charge in [-0.05, 0) is 30.2 Å². The Bertz CT molecular complexity index is 551. The maximum Gasteiger partial charge on any atom is 0.190 e. The molecular weight excluding hydrogens is 334 g/mol. The second-order valence-corrected chi connectivity index (χ2v) is 9.18. The second-order valence-electron chi connectivity index (χ2n) is 8.15. The molecule has 3 rings (SSSR count). The molecule has 1 unspecified atom stereocenters. The van der Waals surface area contributed by atoms with Gasteiger partial charge in [0.15, 0.2) is 5.78 Å². The molecule has 0 amide bonds. The second kappa shape index (κ2) is 8.30. The molecule has 4 nitrogen and oxygen atoms in total. The zero-order chi connectivity index (χ0) is 17.2. The van der Waals surface area contributed by atoms with E-state index in [1.165, 1.54) is 0 Å². The van der Waals surface area contributed by atoms with Gasteiger partial charge in [-0.2, -0.15) is 0 Å². The summed E-state index contributed by atoms with van der Waals surface area (Å²) in [6, 6.07) is 3.99. The molecule has 2 aliphatic rings. The first-order valence-electron chi connectivity index (χ1n) is 9.11. The fourth-order valence-electron chi connectivity index (χ4n) is 4.23. The number of hydrogen-bond acceptors (Lipinski definition) is 4. The zero-order valence-electron chi connectivity index (χ0n) is 14.9. The van der Waals surface area contributed by atoms with E-state index in [1.54, 1.807) is 11.3 Å². The van der Waals surface area contributed by atoms with Crippen molar-refractivity contribution in [1.82, 2.24) is 0 Å². The molecule has 1 aromatic heterocycles. The first kappa shape index (κ1) is 20.6. The number of ketones is 1. The lowest BCUT2D eigenvalue weighted by atomic mass is 9.79. The van der Waals surface area contributed by atoms with E-state index in [9.17, 15) is 9.90 Å². The van der Waals surface area contributed by atoms with Crippen molar-refractivity contribution < 1.29 is 19.1 Å². The Morgan fingerprint density at radius 3 is 2.64 bits per heavy atom. The first-order valence-corrected chi connectivity index (χ1v) is 9.99. The smallest absolute Gasteiger partial charge is 0.190 e. The number of carbonyl (C=O) groups excluding carboxylic acids is 1. The van der Waals surface area contributed by atoms with Crippen molar-refractivity contribution in [2.45, 2.75) is 57.7 Å². The highest BCUT2D eigenvalue weighted by Gasteiger charge is 2.45. The summed E-state index contributed by atoms with van der Waals surface area (Å²) in [5.74, 6) is -0.0495. The van der Waals surface area contributed by atoms with Crippen LogP contribution >= 0.6 is 11.3 Å². The molecule has 5 heteroatoms. The first-order chi connectivity index (χ1) is 11.4. The average molecular weight is 369 g/mol. The molecule has 1 N–H and O–H groups in total. The molecule has 0 radical (unpaired) electrons. The van der Waals surface area contributed by atoms with Gasteiger partial charge in [-0.3, -0.25) is 4.79 Å². The summed E-state index contributed by atoms with van der Waals surface area (Å²) in [5.41, 5.74) is -1.26. The van der Waals surface area contributed by atoms with Crippen molar-refractivity contribution in [3.63, 3.8) is 0 Å². The molecule has 1 aliphatic heterocycles. The van der Waals surface area contributed by atoms with E-state index in [-0.39, 0.29) is 31.8 Å². The highest BCUT2D eigenvalue weighted by atomic mass is 32.1. The summed E-state index contributed by atoms with van der Waals surface area (Å²) in [5, 5.41) is 13.3. The van der Waals surface area contributed by atoms with Crippen LogP contribution in [0.5, 0.6) is 0 Å². The summed E-state index contributed by atoms with van der Waals surface area (Å²) in [7, 11) is 4.38. The quantitative estimate of drug-likeness (QED) is 0.751. The van der Waals surface area contributed by atoms with Gasteiger partial charge in [0, 0.05) is 17.7 Å². The van der Waals surface area contributed by atoms with Gasteiger partial charge in [0.25, 0.3) is 0 Å². The van der Waals surface area contributed by atoms with E-state index in [0.29, 0.717) is 6.42 Å². The number of hydrogen-bond donors (Lipinski definition) is 1. The molecule has 142 valence electrons. The zero-order valence-corrected chi connectivity index (χ0v) is 15.7. The maximum atomic E-state index is 12.9. The highest BCUT2D eigenvalue weighted by molar-refractivity contribution is 7.09. The number of aliphatic hydroxyl groups is 1. The van der Waals surface area contributed by atoms with E-state index in [0.717, 1.165) is 54.6 Å². The lowest BCUT2D eigenvalue weighted by molar-refractivity contribution is -0.879. The van der Waals surface area contributed by atoms with Crippen LogP contribution in [-0.4, -0.2) is 60.9 Å². The third-order valence-corrected chi connectivity index (χ3v) is 6.62. The van der Waals surface area contributed by atoms with Gasteiger partial charge >= 0.3 is 0 Å². The van der Waals surface area contributed by atoms with E-state index in [4.69, 9.17) is 4.74 Å². The fraction of sp³-hybridized carbons (Fsp3) is 0.750. The standard InChI is InChI=1S/C19H30NO3S.CH4/c1-20(2)10-9-16(13-20)23-14-18(21)19(22,15-6-3-4-7-15)12-17-8-5-11-24-17;/h5,8,11,15-16,22H,3-4,6-7,9-10,12-14H2,1-2H3;1H4/q+1;/t16?,19-;/m0./s1. The van der Waals surface area contributed by atoms with Crippen LogP contribution in [0, 0.1) is 5.92 Å². The van der Waals surface area contributed by atoms with Crippen molar-refractivity contribution in [3.05, 3.63) is 22.4 Å². The van der Waals surface area contributed by atoms with E-state index in [1.807, 2.05) is 17.5 Å².